The third-order valence-electron chi connectivity index (χ3n) is 3.39. The topological polar surface area (TPSA) is 38.9 Å². The molecule has 0 saturated heterocycles. The molecule has 2 aromatic carbocycles. The highest BCUT2D eigenvalue weighted by Crippen LogP contribution is 2.38. The highest BCUT2D eigenvalue weighted by Gasteiger charge is 2.15. The summed E-state index contributed by atoms with van der Waals surface area (Å²) in [6, 6.07) is 25.3. The van der Waals surface area contributed by atoms with Crippen molar-refractivity contribution in [3.8, 4) is 0 Å². The first-order chi connectivity index (χ1) is 10.3. The Labute approximate surface area is 126 Å². The smallest absolute Gasteiger partial charge is 0.126 e. The summed E-state index contributed by atoms with van der Waals surface area (Å²) in [5, 5.41) is 2.73. The molecule has 1 aromatic heterocycles. The molecule has 0 aliphatic carbocycles. The third-order valence-corrected chi connectivity index (χ3v) is 5.89. The van der Waals surface area contributed by atoms with Crippen molar-refractivity contribution >= 4 is 24.3 Å². The van der Waals surface area contributed by atoms with Gasteiger partial charge < -0.3 is 5.73 Å². The van der Waals surface area contributed by atoms with Gasteiger partial charge in [0, 0.05) is 12.4 Å². The van der Waals surface area contributed by atoms with Crippen molar-refractivity contribution < 1.29 is 0 Å². The lowest BCUT2D eigenvalue weighted by atomic mass is 10.3. The number of nitrogens with two attached hydrogens (primary N) is 1. The Morgan fingerprint density at radius 2 is 1.33 bits per heavy atom. The van der Waals surface area contributed by atoms with Crippen molar-refractivity contribution in [3.63, 3.8) is 0 Å². The van der Waals surface area contributed by atoms with E-state index in [2.05, 4.69) is 71.7 Å². The second-order valence-electron chi connectivity index (χ2n) is 4.81. The first-order valence-corrected chi connectivity index (χ1v) is 8.44. The maximum absolute atomic E-state index is 6.02. The van der Waals surface area contributed by atoms with Crippen LogP contribution in [-0.4, -0.2) is 4.98 Å². The summed E-state index contributed by atoms with van der Waals surface area (Å²) in [5.41, 5.74) is 7.15. The summed E-state index contributed by atoms with van der Waals surface area (Å²) in [5.74, 6) is 0.636. The lowest BCUT2D eigenvalue weighted by Gasteiger charge is -2.19. The summed E-state index contributed by atoms with van der Waals surface area (Å²) < 4.78 is 0. The quantitative estimate of drug-likeness (QED) is 0.749. The normalized spacial score (nSPS) is 10.7. The molecular formula is C18H17N2P. The molecule has 2 N–H and O–H groups in total. The molecule has 3 rings (SSSR count). The van der Waals surface area contributed by atoms with E-state index in [1.54, 1.807) is 6.20 Å². The van der Waals surface area contributed by atoms with Gasteiger partial charge in [-0.2, -0.15) is 0 Å². The summed E-state index contributed by atoms with van der Waals surface area (Å²) in [4.78, 5) is 4.21. The number of rotatable bonds is 4. The van der Waals surface area contributed by atoms with Crippen LogP contribution in [0.5, 0.6) is 0 Å². The Morgan fingerprint density at radius 3 is 1.86 bits per heavy atom. The highest BCUT2D eigenvalue weighted by atomic mass is 31.1. The predicted octanol–water partition coefficient (Wildman–Crippen LogP) is 3.30. The van der Waals surface area contributed by atoms with Crippen molar-refractivity contribution in [2.75, 3.05) is 5.73 Å². The molecule has 0 unspecified atom stereocenters. The molecule has 0 atom stereocenters. The molecule has 3 heteroatoms. The molecule has 0 saturated carbocycles. The predicted molar refractivity (Wildman–Crippen MR) is 91.4 cm³/mol. The number of benzene rings is 2. The van der Waals surface area contributed by atoms with Gasteiger partial charge in [-0.3, -0.25) is 0 Å². The number of anilines is 1. The fraction of sp³-hybridized carbons (Fsp3) is 0.0556. The van der Waals surface area contributed by atoms with Crippen LogP contribution in [0.1, 0.15) is 5.56 Å². The fourth-order valence-corrected chi connectivity index (χ4v) is 4.64. The molecule has 2 nitrogen and oxygen atoms in total. The van der Waals surface area contributed by atoms with Gasteiger partial charge in [-0.05, 0) is 30.2 Å². The highest BCUT2D eigenvalue weighted by molar-refractivity contribution is 7.72. The Morgan fingerprint density at radius 1 is 0.762 bits per heavy atom. The third kappa shape index (κ3) is 3.29. The molecule has 0 radical (unpaired) electrons. The molecule has 21 heavy (non-hydrogen) atoms. The second-order valence-corrected chi connectivity index (χ2v) is 7.01. The van der Waals surface area contributed by atoms with E-state index < -0.39 is 7.92 Å². The van der Waals surface area contributed by atoms with E-state index in [1.807, 2.05) is 6.07 Å². The van der Waals surface area contributed by atoms with Crippen molar-refractivity contribution in [2.45, 2.75) is 6.16 Å². The van der Waals surface area contributed by atoms with Crippen LogP contribution in [0.3, 0.4) is 0 Å². The lowest BCUT2D eigenvalue weighted by molar-refractivity contribution is 1.26. The molecule has 0 bridgehead atoms. The SMILES string of the molecule is Nc1ncccc1CP(c1ccccc1)c1ccccc1. The Hall–Kier alpha value is -2.18. The van der Waals surface area contributed by atoms with E-state index in [1.165, 1.54) is 10.6 Å². The number of hydrogen-bond acceptors (Lipinski definition) is 2. The van der Waals surface area contributed by atoms with Gasteiger partial charge >= 0.3 is 0 Å². The van der Waals surface area contributed by atoms with Gasteiger partial charge in [0.05, 0.1) is 0 Å². The van der Waals surface area contributed by atoms with Crippen LogP contribution in [0.25, 0.3) is 0 Å². The molecule has 0 amide bonds. The van der Waals surface area contributed by atoms with Gasteiger partial charge in [0.2, 0.25) is 0 Å². The van der Waals surface area contributed by atoms with E-state index in [0.29, 0.717) is 5.82 Å². The molecule has 104 valence electrons. The van der Waals surface area contributed by atoms with Crippen LogP contribution in [0.15, 0.2) is 79.0 Å². The van der Waals surface area contributed by atoms with E-state index >= 15 is 0 Å². The largest absolute Gasteiger partial charge is 0.383 e. The van der Waals surface area contributed by atoms with Crippen molar-refractivity contribution in [1.82, 2.24) is 4.98 Å². The van der Waals surface area contributed by atoms with Gasteiger partial charge in [-0.25, -0.2) is 4.98 Å². The minimum absolute atomic E-state index is 0.463. The summed E-state index contributed by atoms with van der Waals surface area (Å²) >= 11 is 0. The average Bonchev–Trinajstić information content (AvgIpc) is 2.56. The summed E-state index contributed by atoms with van der Waals surface area (Å²) in [6.45, 7) is 0. The fourth-order valence-electron chi connectivity index (χ4n) is 2.30. The van der Waals surface area contributed by atoms with E-state index in [-0.39, 0.29) is 0 Å². The zero-order valence-electron chi connectivity index (χ0n) is 11.7. The molecule has 0 fully saturated rings. The minimum Gasteiger partial charge on any atom is -0.383 e. The van der Waals surface area contributed by atoms with Gasteiger partial charge in [0.1, 0.15) is 5.82 Å². The Bertz CT molecular complexity index is 659. The van der Waals surface area contributed by atoms with Crippen LogP contribution in [-0.2, 0) is 6.16 Å². The van der Waals surface area contributed by atoms with Gasteiger partial charge in [0.25, 0.3) is 0 Å². The van der Waals surface area contributed by atoms with Crippen LogP contribution < -0.4 is 16.3 Å². The molecule has 0 aliphatic heterocycles. The first kappa shape index (κ1) is 13.8. The van der Waals surface area contributed by atoms with Crippen LogP contribution >= 0.6 is 7.92 Å². The number of nitrogen functional groups attached to an aromatic ring is 1. The Kier molecular flexibility index (Phi) is 4.28. The standard InChI is InChI=1S/C18H17N2P/c19-18-15(8-7-13-20-18)14-21(16-9-3-1-4-10-16)17-11-5-2-6-12-17/h1-13H,14H2,(H2,19,20). The zero-order chi connectivity index (χ0) is 14.5. The maximum Gasteiger partial charge on any atom is 0.126 e. The Balaban J connectivity index is 1.99. The first-order valence-electron chi connectivity index (χ1n) is 6.91. The number of hydrogen-bond donors (Lipinski definition) is 1. The second kappa shape index (κ2) is 6.51. The number of pyridine rings is 1. The monoisotopic (exact) mass is 292 g/mol. The summed E-state index contributed by atoms with van der Waals surface area (Å²) in [6.07, 6.45) is 2.66. The molecule has 0 aliphatic rings. The van der Waals surface area contributed by atoms with Crippen LogP contribution in [0.2, 0.25) is 0 Å². The number of aromatic nitrogens is 1. The molecule has 3 aromatic rings. The van der Waals surface area contributed by atoms with Gasteiger partial charge in [0.15, 0.2) is 0 Å². The van der Waals surface area contributed by atoms with Gasteiger partial charge in [-0.15, -0.1) is 0 Å². The van der Waals surface area contributed by atoms with E-state index in [9.17, 15) is 0 Å². The van der Waals surface area contributed by atoms with Crippen molar-refractivity contribution in [2.24, 2.45) is 0 Å². The van der Waals surface area contributed by atoms with Crippen molar-refractivity contribution in [3.05, 3.63) is 84.6 Å². The average molecular weight is 292 g/mol. The minimum atomic E-state index is -0.463. The van der Waals surface area contributed by atoms with Crippen LogP contribution in [0, 0.1) is 0 Å². The lowest BCUT2D eigenvalue weighted by Crippen LogP contribution is -2.13. The van der Waals surface area contributed by atoms with E-state index in [0.717, 1.165) is 11.7 Å². The molecule has 1 heterocycles. The van der Waals surface area contributed by atoms with Crippen molar-refractivity contribution in [1.29, 1.82) is 0 Å². The molecule has 0 spiro atoms. The summed E-state index contributed by atoms with van der Waals surface area (Å²) in [7, 11) is -0.463. The van der Waals surface area contributed by atoms with Gasteiger partial charge in [-0.1, -0.05) is 66.7 Å². The molecular weight excluding hydrogens is 275 g/mol. The maximum atomic E-state index is 6.02. The van der Waals surface area contributed by atoms with E-state index in [4.69, 9.17) is 5.73 Å². The van der Waals surface area contributed by atoms with Crippen LogP contribution in [0.4, 0.5) is 5.82 Å². The zero-order valence-corrected chi connectivity index (χ0v) is 12.6. The number of nitrogens with zero attached hydrogens (tertiary/aromatic N) is 1.